The van der Waals surface area contributed by atoms with Crippen LogP contribution < -0.4 is 10.6 Å². The molecule has 1 aliphatic heterocycles. The molecule has 29 heavy (non-hydrogen) atoms. The van der Waals surface area contributed by atoms with E-state index < -0.39 is 0 Å². The third kappa shape index (κ3) is 5.71. The van der Waals surface area contributed by atoms with Crippen molar-refractivity contribution in [1.29, 1.82) is 0 Å². The highest BCUT2D eigenvalue weighted by molar-refractivity contribution is 5.83. The van der Waals surface area contributed by atoms with Gasteiger partial charge in [-0.15, -0.1) is 0 Å². The average molecular weight is 402 g/mol. The molecule has 3 N–H and O–H groups in total. The van der Waals surface area contributed by atoms with Gasteiger partial charge in [0.15, 0.2) is 5.96 Å². The molecule has 158 valence electrons. The minimum Gasteiger partial charge on any atom is -0.361 e. The van der Waals surface area contributed by atoms with E-state index in [1.54, 1.807) is 0 Å². The zero-order valence-corrected chi connectivity index (χ0v) is 17.4. The Labute approximate surface area is 172 Å². The fourth-order valence-electron chi connectivity index (χ4n) is 3.90. The summed E-state index contributed by atoms with van der Waals surface area (Å²) in [5.74, 6) is 0.680. The van der Waals surface area contributed by atoms with E-state index in [1.807, 2.05) is 24.1 Å². The summed E-state index contributed by atoms with van der Waals surface area (Å²) >= 11 is 0. The highest BCUT2D eigenvalue weighted by Gasteiger charge is 2.22. The second-order valence-electron chi connectivity index (χ2n) is 7.62. The summed E-state index contributed by atoms with van der Waals surface area (Å²) in [7, 11) is 0. The zero-order chi connectivity index (χ0) is 20.6. The summed E-state index contributed by atoms with van der Waals surface area (Å²) in [5.41, 5.74) is 1.95. The SMILES string of the molecule is CCNC(=NCCC(=O)N1CCCCC1C)NCCc1c[nH]c2cc(F)ccc12. The Hall–Kier alpha value is -2.57. The van der Waals surface area contributed by atoms with E-state index in [9.17, 15) is 9.18 Å². The molecule has 2 aromatic rings. The van der Waals surface area contributed by atoms with E-state index in [2.05, 4.69) is 27.5 Å². The van der Waals surface area contributed by atoms with Crippen molar-refractivity contribution in [1.82, 2.24) is 20.5 Å². The topological polar surface area (TPSA) is 72.5 Å². The Morgan fingerprint density at radius 2 is 2.21 bits per heavy atom. The minimum atomic E-state index is -0.237. The molecule has 1 atom stereocenters. The van der Waals surface area contributed by atoms with Gasteiger partial charge in [0, 0.05) is 49.2 Å². The first kappa shape index (κ1) is 21.1. The molecule has 1 aromatic heterocycles. The van der Waals surface area contributed by atoms with Gasteiger partial charge in [-0.3, -0.25) is 9.79 Å². The number of piperidine rings is 1. The van der Waals surface area contributed by atoms with Crippen LogP contribution in [0.4, 0.5) is 4.39 Å². The Kier molecular flexibility index (Phi) is 7.49. The van der Waals surface area contributed by atoms with Crippen LogP contribution in [0.25, 0.3) is 10.9 Å². The molecule has 0 aliphatic carbocycles. The number of fused-ring (bicyclic) bond motifs is 1. The number of halogens is 1. The molecule has 1 saturated heterocycles. The monoisotopic (exact) mass is 401 g/mol. The fourth-order valence-corrected chi connectivity index (χ4v) is 3.90. The Morgan fingerprint density at radius 1 is 1.34 bits per heavy atom. The summed E-state index contributed by atoms with van der Waals surface area (Å²) in [6, 6.07) is 5.15. The van der Waals surface area contributed by atoms with Gasteiger partial charge in [-0.1, -0.05) is 0 Å². The quantitative estimate of drug-likeness (QED) is 0.493. The van der Waals surface area contributed by atoms with Crippen LogP contribution in [0.15, 0.2) is 29.4 Å². The zero-order valence-electron chi connectivity index (χ0n) is 17.4. The van der Waals surface area contributed by atoms with E-state index in [4.69, 9.17) is 0 Å². The molecule has 1 fully saturated rings. The van der Waals surface area contributed by atoms with Gasteiger partial charge < -0.3 is 20.5 Å². The van der Waals surface area contributed by atoms with Crippen molar-refractivity contribution < 1.29 is 9.18 Å². The molecule has 6 nitrogen and oxygen atoms in total. The van der Waals surface area contributed by atoms with Gasteiger partial charge in [-0.25, -0.2) is 4.39 Å². The number of carbonyl (C=O) groups is 1. The van der Waals surface area contributed by atoms with Gasteiger partial charge in [-0.05, 0) is 63.3 Å². The van der Waals surface area contributed by atoms with Crippen LogP contribution in [0, 0.1) is 5.82 Å². The molecule has 2 heterocycles. The number of carbonyl (C=O) groups excluding carboxylic acids is 1. The number of guanidine groups is 1. The van der Waals surface area contributed by atoms with Crippen LogP contribution in [0.2, 0.25) is 0 Å². The van der Waals surface area contributed by atoms with Gasteiger partial charge in [-0.2, -0.15) is 0 Å². The maximum atomic E-state index is 13.3. The Morgan fingerprint density at radius 3 is 3.00 bits per heavy atom. The second kappa shape index (κ2) is 10.3. The van der Waals surface area contributed by atoms with Gasteiger partial charge in [0.1, 0.15) is 5.82 Å². The van der Waals surface area contributed by atoms with Crippen molar-refractivity contribution >= 4 is 22.8 Å². The molecule has 1 aromatic carbocycles. The van der Waals surface area contributed by atoms with E-state index in [0.717, 1.165) is 54.8 Å². The number of hydrogen-bond donors (Lipinski definition) is 3. The number of aromatic nitrogens is 1. The maximum absolute atomic E-state index is 13.3. The van der Waals surface area contributed by atoms with Gasteiger partial charge in [0.2, 0.25) is 5.91 Å². The number of aromatic amines is 1. The van der Waals surface area contributed by atoms with Crippen molar-refractivity contribution in [2.24, 2.45) is 4.99 Å². The number of benzene rings is 1. The summed E-state index contributed by atoms with van der Waals surface area (Å²) < 4.78 is 13.3. The minimum absolute atomic E-state index is 0.197. The van der Waals surface area contributed by atoms with Gasteiger partial charge in [0.05, 0.1) is 6.54 Å². The molecular formula is C22H32FN5O. The van der Waals surface area contributed by atoms with Crippen molar-refractivity contribution in [2.75, 3.05) is 26.2 Å². The molecule has 3 rings (SSSR count). The van der Waals surface area contributed by atoms with Crippen LogP contribution in [0.5, 0.6) is 0 Å². The van der Waals surface area contributed by atoms with Gasteiger partial charge in [0.25, 0.3) is 0 Å². The van der Waals surface area contributed by atoms with Gasteiger partial charge >= 0.3 is 0 Å². The average Bonchev–Trinajstić information content (AvgIpc) is 3.10. The third-order valence-corrected chi connectivity index (χ3v) is 5.48. The normalized spacial score (nSPS) is 17.6. The molecule has 0 radical (unpaired) electrons. The van der Waals surface area contributed by atoms with Crippen LogP contribution in [-0.4, -0.2) is 54.0 Å². The summed E-state index contributed by atoms with van der Waals surface area (Å²) in [4.78, 5) is 22.1. The molecule has 7 heteroatoms. The standard InChI is InChI=1S/C22H32FN5O/c1-3-24-22(26-12-10-21(29)28-13-5-4-6-16(28)2)25-11-9-17-15-27-20-14-18(23)7-8-19(17)20/h7-8,14-16,27H,3-6,9-13H2,1-2H3,(H2,24,25,26). The number of hydrogen-bond acceptors (Lipinski definition) is 2. The number of amides is 1. The largest absolute Gasteiger partial charge is 0.361 e. The second-order valence-corrected chi connectivity index (χ2v) is 7.62. The molecule has 1 unspecified atom stereocenters. The highest BCUT2D eigenvalue weighted by atomic mass is 19.1. The molecule has 0 spiro atoms. The number of nitrogens with one attached hydrogen (secondary N) is 3. The van der Waals surface area contributed by atoms with Crippen LogP contribution >= 0.6 is 0 Å². The number of H-pyrrole nitrogens is 1. The number of nitrogens with zero attached hydrogens (tertiary/aromatic N) is 2. The number of likely N-dealkylation sites (tertiary alicyclic amines) is 1. The first-order valence-corrected chi connectivity index (χ1v) is 10.7. The number of rotatable bonds is 7. The maximum Gasteiger partial charge on any atom is 0.224 e. The Balaban J connectivity index is 1.49. The smallest absolute Gasteiger partial charge is 0.224 e. The van der Waals surface area contributed by atoms with Crippen LogP contribution in [0.1, 0.15) is 45.1 Å². The van der Waals surface area contributed by atoms with Crippen molar-refractivity contribution in [3.63, 3.8) is 0 Å². The first-order valence-electron chi connectivity index (χ1n) is 10.7. The van der Waals surface area contributed by atoms with E-state index >= 15 is 0 Å². The lowest BCUT2D eigenvalue weighted by Crippen LogP contribution is -2.42. The fraction of sp³-hybridized carbons (Fsp3) is 0.545. The first-order chi connectivity index (χ1) is 14.1. The lowest BCUT2D eigenvalue weighted by molar-refractivity contribution is -0.134. The molecular weight excluding hydrogens is 369 g/mol. The lowest BCUT2D eigenvalue weighted by atomic mass is 10.0. The summed E-state index contributed by atoms with van der Waals surface area (Å²) in [5, 5.41) is 7.59. The molecule has 0 saturated carbocycles. The van der Waals surface area contributed by atoms with E-state index in [1.165, 1.54) is 18.6 Å². The van der Waals surface area contributed by atoms with Crippen LogP contribution in [-0.2, 0) is 11.2 Å². The lowest BCUT2D eigenvalue weighted by Gasteiger charge is -2.33. The predicted octanol–water partition coefficient (Wildman–Crippen LogP) is 3.20. The highest BCUT2D eigenvalue weighted by Crippen LogP contribution is 2.19. The summed E-state index contributed by atoms with van der Waals surface area (Å²) in [6.07, 6.45) is 6.57. The van der Waals surface area contributed by atoms with E-state index in [-0.39, 0.29) is 11.7 Å². The summed E-state index contributed by atoms with van der Waals surface area (Å²) in [6.45, 7) is 6.96. The molecule has 0 bridgehead atoms. The predicted molar refractivity (Wildman–Crippen MR) is 116 cm³/mol. The van der Waals surface area contributed by atoms with Crippen molar-refractivity contribution in [2.45, 2.75) is 52.0 Å². The Bertz CT molecular complexity index is 847. The van der Waals surface area contributed by atoms with Crippen molar-refractivity contribution in [3.05, 3.63) is 35.8 Å². The third-order valence-electron chi connectivity index (χ3n) is 5.48. The van der Waals surface area contributed by atoms with Crippen molar-refractivity contribution in [3.8, 4) is 0 Å². The molecule has 1 amide bonds. The van der Waals surface area contributed by atoms with Crippen LogP contribution in [0.3, 0.4) is 0 Å². The van der Waals surface area contributed by atoms with E-state index in [0.29, 0.717) is 25.6 Å². The molecule has 1 aliphatic rings. The number of aliphatic imine (C=N–C) groups is 1.